The van der Waals surface area contributed by atoms with Gasteiger partial charge in [-0.3, -0.25) is 0 Å². The number of para-hydroxylation sites is 1. The number of aryl methyl sites for hydroxylation is 1. The van der Waals surface area contributed by atoms with Gasteiger partial charge in [-0.05, 0) is 36.2 Å². The molecule has 0 radical (unpaired) electrons. The molecule has 1 heteroatoms. The van der Waals surface area contributed by atoms with Gasteiger partial charge < -0.3 is 4.90 Å². The lowest BCUT2D eigenvalue weighted by Gasteiger charge is -2.22. The molecule has 0 saturated carbocycles. The lowest BCUT2D eigenvalue weighted by molar-refractivity contribution is 1.22. The van der Waals surface area contributed by atoms with Crippen LogP contribution in [-0.2, 0) is 0 Å². The first-order chi connectivity index (χ1) is 10.3. The molecule has 0 aliphatic carbocycles. The zero-order chi connectivity index (χ0) is 14.4. The van der Waals surface area contributed by atoms with E-state index in [1.54, 1.807) is 0 Å². The van der Waals surface area contributed by atoms with E-state index in [2.05, 4.69) is 85.6 Å². The van der Waals surface area contributed by atoms with Gasteiger partial charge in [-0.2, -0.15) is 0 Å². The van der Waals surface area contributed by atoms with E-state index in [9.17, 15) is 0 Å². The monoisotopic (exact) mass is 271 g/mol. The van der Waals surface area contributed by atoms with Gasteiger partial charge in [0.25, 0.3) is 0 Å². The number of hydrogen-bond donors (Lipinski definition) is 0. The van der Waals surface area contributed by atoms with E-state index in [1.807, 2.05) is 0 Å². The summed E-state index contributed by atoms with van der Waals surface area (Å²) in [6, 6.07) is 24.0. The summed E-state index contributed by atoms with van der Waals surface area (Å²) in [7, 11) is 2.15. The Kier molecular flexibility index (Phi) is 2.61. The van der Waals surface area contributed by atoms with Crippen LogP contribution in [0.2, 0.25) is 0 Å². The molecule has 1 aliphatic heterocycles. The van der Waals surface area contributed by atoms with Gasteiger partial charge in [0.1, 0.15) is 0 Å². The molecular formula is C20H17N. The van der Waals surface area contributed by atoms with Crippen LogP contribution in [0.15, 0.2) is 66.7 Å². The van der Waals surface area contributed by atoms with Crippen molar-refractivity contribution < 1.29 is 0 Å². The van der Waals surface area contributed by atoms with Gasteiger partial charge in [-0.15, -0.1) is 0 Å². The Morgan fingerprint density at radius 1 is 0.619 bits per heavy atom. The maximum absolute atomic E-state index is 2.30. The molecule has 0 amide bonds. The first-order valence-corrected chi connectivity index (χ1v) is 7.29. The molecule has 1 nitrogen and oxygen atoms in total. The first kappa shape index (κ1) is 12.2. The summed E-state index contributed by atoms with van der Waals surface area (Å²) in [6.07, 6.45) is 0. The predicted molar refractivity (Wildman–Crippen MR) is 90.1 cm³/mol. The van der Waals surface area contributed by atoms with E-state index in [0.29, 0.717) is 0 Å². The lowest BCUT2D eigenvalue weighted by Crippen LogP contribution is -2.10. The van der Waals surface area contributed by atoms with Gasteiger partial charge in [-0.1, -0.05) is 54.1 Å². The predicted octanol–water partition coefficient (Wildman–Crippen LogP) is 5.41. The fourth-order valence-corrected chi connectivity index (χ4v) is 3.23. The lowest BCUT2D eigenvalue weighted by atomic mass is 9.94. The molecular weight excluding hydrogens is 254 g/mol. The van der Waals surface area contributed by atoms with E-state index in [0.717, 1.165) is 0 Å². The molecule has 0 bridgehead atoms. The number of hydrogen-bond acceptors (Lipinski definition) is 1. The van der Waals surface area contributed by atoms with Crippen molar-refractivity contribution in [3.05, 3.63) is 72.3 Å². The van der Waals surface area contributed by atoms with Crippen LogP contribution < -0.4 is 4.90 Å². The molecule has 0 atom stereocenters. The van der Waals surface area contributed by atoms with Gasteiger partial charge in [0, 0.05) is 29.5 Å². The largest absolute Gasteiger partial charge is 0.344 e. The van der Waals surface area contributed by atoms with Crippen LogP contribution in [0.5, 0.6) is 0 Å². The highest BCUT2D eigenvalue weighted by Gasteiger charge is 2.21. The highest BCUT2D eigenvalue weighted by atomic mass is 15.1. The Labute approximate surface area is 125 Å². The average Bonchev–Trinajstić information content (AvgIpc) is 2.63. The summed E-state index contributed by atoms with van der Waals surface area (Å²) in [4.78, 5) is 2.30. The summed E-state index contributed by atoms with van der Waals surface area (Å²) >= 11 is 0. The van der Waals surface area contributed by atoms with Crippen LogP contribution in [0.3, 0.4) is 0 Å². The summed E-state index contributed by atoms with van der Waals surface area (Å²) < 4.78 is 0. The third kappa shape index (κ3) is 1.78. The van der Waals surface area contributed by atoms with Gasteiger partial charge >= 0.3 is 0 Å². The molecule has 0 fully saturated rings. The van der Waals surface area contributed by atoms with Crippen molar-refractivity contribution in [1.82, 2.24) is 0 Å². The SMILES string of the molecule is Cc1ccc2c(c1)-c1ccccc1-c1ccccc1N2C. The molecule has 0 spiro atoms. The molecule has 102 valence electrons. The second-order valence-electron chi connectivity index (χ2n) is 5.64. The smallest absolute Gasteiger partial charge is 0.0488 e. The van der Waals surface area contributed by atoms with Crippen LogP contribution in [0.4, 0.5) is 11.4 Å². The van der Waals surface area contributed by atoms with Crippen LogP contribution >= 0.6 is 0 Å². The van der Waals surface area contributed by atoms with E-state index in [1.165, 1.54) is 39.2 Å². The van der Waals surface area contributed by atoms with E-state index >= 15 is 0 Å². The second kappa shape index (κ2) is 4.49. The fraction of sp³-hybridized carbons (Fsp3) is 0.100. The number of nitrogens with zero attached hydrogens (tertiary/aromatic N) is 1. The molecule has 0 saturated heterocycles. The zero-order valence-corrected chi connectivity index (χ0v) is 12.3. The van der Waals surface area contributed by atoms with Crippen molar-refractivity contribution in [2.24, 2.45) is 0 Å². The normalized spacial score (nSPS) is 12.2. The van der Waals surface area contributed by atoms with E-state index in [-0.39, 0.29) is 0 Å². The number of rotatable bonds is 0. The van der Waals surface area contributed by atoms with E-state index in [4.69, 9.17) is 0 Å². The topological polar surface area (TPSA) is 3.24 Å². The molecule has 21 heavy (non-hydrogen) atoms. The number of benzene rings is 3. The van der Waals surface area contributed by atoms with Crippen molar-refractivity contribution >= 4 is 11.4 Å². The van der Waals surface area contributed by atoms with Gasteiger partial charge in [0.05, 0.1) is 0 Å². The Bertz CT molecular complexity index is 833. The number of fused-ring (bicyclic) bond motifs is 5. The average molecular weight is 271 g/mol. The highest BCUT2D eigenvalue weighted by molar-refractivity contribution is 5.99. The van der Waals surface area contributed by atoms with Crippen molar-refractivity contribution in [3.63, 3.8) is 0 Å². The minimum Gasteiger partial charge on any atom is -0.344 e. The van der Waals surface area contributed by atoms with Gasteiger partial charge in [0.2, 0.25) is 0 Å². The van der Waals surface area contributed by atoms with Gasteiger partial charge in [0.15, 0.2) is 0 Å². The third-order valence-corrected chi connectivity index (χ3v) is 4.29. The maximum Gasteiger partial charge on any atom is 0.0488 e. The molecule has 1 aliphatic rings. The van der Waals surface area contributed by atoms with E-state index < -0.39 is 0 Å². The molecule has 0 unspecified atom stereocenters. The summed E-state index contributed by atoms with van der Waals surface area (Å²) in [5, 5.41) is 0. The van der Waals surface area contributed by atoms with Gasteiger partial charge in [-0.25, -0.2) is 0 Å². The molecule has 0 aromatic heterocycles. The minimum absolute atomic E-state index is 1.26. The Morgan fingerprint density at radius 3 is 1.95 bits per heavy atom. The number of anilines is 2. The first-order valence-electron chi connectivity index (χ1n) is 7.29. The van der Waals surface area contributed by atoms with Crippen LogP contribution in [0, 0.1) is 6.92 Å². The van der Waals surface area contributed by atoms with Crippen LogP contribution in [0.25, 0.3) is 22.3 Å². The van der Waals surface area contributed by atoms with Crippen molar-refractivity contribution in [1.29, 1.82) is 0 Å². The summed E-state index contributed by atoms with van der Waals surface area (Å²) in [6.45, 7) is 2.15. The van der Waals surface area contributed by atoms with Crippen molar-refractivity contribution in [2.45, 2.75) is 6.92 Å². The maximum atomic E-state index is 2.30. The fourth-order valence-electron chi connectivity index (χ4n) is 3.23. The zero-order valence-electron chi connectivity index (χ0n) is 12.3. The highest BCUT2D eigenvalue weighted by Crippen LogP contribution is 2.46. The Morgan fingerprint density at radius 2 is 1.19 bits per heavy atom. The Hall–Kier alpha value is -2.54. The van der Waals surface area contributed by atoms with Crippen LogP contribution in [-0.4, -0.2) is 7.05 Å². The second-order valence-corrected chi connectivity index (χ2v) is 5.64. The summed E-state index contributed by atoms with van der Waals surface area (Å²) in [5.74, 6) is 0. The molecule has 4 rings (SSSR count). The molecule has 3 aromatic rings. The molecule has 1 heterocycles. The third-order valence-electron chi connectivity index (χ3n) is 4.29. The van der Waals surface area contributed by atoms with Crippen LogP contribution in [0.1, 0.15) is 5.56 Å². The Balaban J connectivity index is 2.16. The van der Waals surface area contributed by atoms with Crippen molar-refractivity contribution in [2.75, 3.05) is 11.9 Å². The minimum atomic E-state index is 1.26. The molecule has 3 aromatic carbocycles. The quantitative estimate of drug-likeness (QED) is 0.528. The standard InChI is InChI=1S/C20H17N/c1-14-11-12-20-18(13-14)16-8-4-3-7-15(16)17-9-5-6-10-19(17)21(20)2/h3-13H,1-2H3. The summed E-state index contributed by atoms with van der Waals surface area (Å²) in [5.41, 5.74) is 9.04. The van der Waals surface area contributed by atoms with Crippen molar-refractivity contribution in [3.8, 4) is 22.3 Å². The molecule has 0 N–H and O–H groups in total.